The minimum absolute atomic E-state index is 0.0795. The molecule has 1 heterocycles. The van der Waals surface area contributed by atoms with Crippen molar-refractivity contribution in [2.45, 2.75) is 58.5 Å². The van der Waals surface area contributed by atoms with Crippen molar-refractivity contribution in [3.63, 3.8) is 0 Å². The molecule has 1 fully saturated rings. The smallest absolute Gasteiger partial charge is 0.119 e. The van der Waals surface area contributed by atoms with Crippen molar-refractivity contribution >= 4 is 29.8 Å². The maximum absolute atomic E-state index is 11.0. The fourth-order valence-corrected chi connectivity index (χ4v) is 8.45. The largest absolute Gasteiger partial charge is 0.508 e. The van der Waals surface area contributed by atoms with Crippen molar-refractivity contribution in [3.05, 3.63) is 72.3 Å². The summed E-state index contributed by atoms with van der Waals surface area (Å²) in [4.78, 5) is 5.43. The molecule has 1 N–H and O–H groups in total. The number of aromatic hydroxyl groups is 1. The molecule has 3 heteroatoms. The SMILES string of the molecule is CC(C)(C)P1CCC(c2ccccc2O)(C(C)(C)C)C1=Nc1ccc2ccccc2c1. The quantitative estimate of drug-likeness (QED) is 0.407. The van der Waals surface area contributed by atoms with Gasteiger partial charge in [0.2, 0.25) is 0 Å². The van der Waals surface area contributed by atoms with E-state index >= 15 is 0 Å². The molecule has 1 aliphatic rings. The van der Waals surface area contributed by atoms with Gasteiger partial charge in [-0.15, -0.1) is 0 Å². The maximum Gasteiger partial charge on any atom is 0.119 e. The summed E-state index contributed by atoms with van der Waals surface area (Å²) in [6.07, 6.45) is 2.15. The van der Waals surface area contributed by atoms with Crippen LogP contribution in [0.15, 0.2) is 71.7 Å². The Morgan fingerprint density at radius 3 is 2.13 bits per heavy atom. The van der Waals surface area contributed by atoms with Crippen LogP contribution >= 0.6 is 7.92 Å². The first-order valence-corrected chi connectivity index (χ1v) is 12.7. The predicted octanol–water partition coefficient (Wildman–Crippen LogP) is 8.24. The third-order valence-electron chi connectivity index (χ3n) is 6.77. The average Bonchev–Trinajstić information content (AvgIpc) is 3.08. The van der Waals surface area contributed by atoms with E-state index in [1.807, 2.05) is 18.2 Å². The fourth-order valence-electron chi connectivity index (χ4n) is 5.11. The zero-order valence-electron chi connectivity index (χ0n) is 19.6. The second-order valence-electron chi connectivity index (χ2n) is 10.7. The molecule has 1 aliphatic heterocycles. The van der Waals surface area contributed by atoms with Gasteiger partial charge in [-0.3, -0.25) is 4.99 Å². The van der Waals surface area contributed by atoms with Gasteiger partial charge in [0.05, 0.1) is 11.1 Å². The first-order chi connectivity index (χ1) is 14.5. The van der Waals surface area contributed by atoms with Crippen LogP contribution in [-0.2, 0) is 5.41 Å². The van der Waals surface area contributed by atoms with E-state index in [-0.39, 0.29) is 16.0 Å². The zero-order valence-corrected chi connectivity index (χ0v) is 20.5. The van der Waals surface area contributed by atoms with Gasteiger partial charge in [0.1, 0.15) is 5.75 Å². The molecular formula is C28H34NOP. The molecule has 2 unspecified atom stereocenters. The van der Waals surface area contributed by atoms with Gasteiger partial charge in [0.25, 0.3) is 0 Å². The van der Waals surface area contributed by atoms with Crippen LogP contribution in [-0.4, -0.2) is 21.9 Å². The lowest BCUT2D eigenvalue weighted by molar-refractivity contribution is 0.253. The van der Waals surface area contributed by atoms with Crippen LogP contribution in [0.1, 0.15) is 53.5 Å². The predicted molar refractivity (Wildman–Crippen MR) is 136 cm³/mol. The monoisotopic (exact) mass is 431 g/mol. The highest BCUT2D eigenvalue weighted by Crippen LogP contribution is 2.67. The molecule has 3 aromatic rings. The van der Waals surface area contributed by atoms with Crippen LogP contribution in [0.5, 0.6) is 5.75 Å². The second-order valence-corrected chi connectivity index (χ2v) is 13.8. The van der Waals surface area contributed by atoms with Gasteiger partial charge in [0.15, 0.2) is 0 Å². The topological polar surface area (TPSA) is 32.6 Å². The molecule has 2 atom stereocenters. The van der Waals surface area contributed by atoms with Crippen LogP contribution in [0.3, 0.4) is 0 Å². The Labute approximate surface area is 188 Å². The first kappa shape index (κ1) is 22.0. The molecule has 0 aliphatic carbocycles. The highest BCUT2D eigenvalue weighted by molar-refractivity contribution is 7.77. The summed E-state index contributed by atoms with van der Waals surface area (Å²) in [7, 11) is -0.466. The van der Waals surface area contributed by atoms with Gasteiger partial charge in [0, 0.05) is 11.0 Å². The normalized spacial score (nSPS) is 23.5. The van der Waals surface area contributed by atoms with Crippen molar-refractivity contribution in [1.29, 1.82) is 0 Å². The molecule has 0 saturated carbocycles. The molecule has 4 rings (SSSR count). The Hall–Kier alpha value is -2.18. The molecule has 0 amide bonds. The van der Waals surface area contributed by atoms with Gasteiger partial charge in [-0.25, -0.2) is 0 Å². The minimum Gasteiger partial charge on any atom is -0.508 e. The Kier molecular flexibility index (Phi) is 5.51. The molecule has 0 radical (unpaired) electrons. The van der Waals surface area contributed by atoms with E-state index in [9.17, 15) is 5.11 Å². The Morgan fingerprint density at radius 2 is 1.48 bits per heavy atom. The number of nitrogens with zero attached hydrogens (tertiary/aromatic N) is 1. The van der Waals surface area contributed by atoms with Gasteiger partial charge in [-0.05, 0) is 52.1 Å². The van der Waals surface area contributed by atoms with E-state index in [4.69, 9.17) is 4.99 Å². The molecule has 0 bridgehead atoms. The maximum atomic E-state index is 11.0. The van der Waals surface area contributed by atoms with E-state index in [2.05, 4.69) is 90.1 Å². The summed E-state index contributed by atoms with van der Waals surface area (Å²) >= 11 is 0. The van der Waals surface area contributed by atoms with Crippen molar-refractivity contribution in [3.8, 4) is 5.75 Å². The molecule has 0 aromatic heterocycles. The number of hydrogen-bond acceptors (Lipinski definition) is 2. The van der Waals surface area contributed by atoms with E-state index < -0.39 is 7.92 Å². The molecule has 31 heavy (non-hydrogen) atoms. The number of hydrogen-bond donors (Lipinski definition) is 1. The summed E-state index contributed by atoms with van der Waals surface area (Å²) < 4.78 is 0. The lowest BCUT2D eigenvalue weighted by atomic mass is 9.61. The lowest BCUT2D eigenvalue weighted by Gasteiger charge is -2.45. The third-order valence-corrected chi connectivity index (χ3v) is 10.1. The van der Waals surface area contributed by atoms with E-state index in [0.29, 0.717) is 5.75 Å². The van der Waals surface area contributed by atoms with Gasteiger partial charge >= 0.3 is 0 Å². The van der Waals surface area contributed by atoms with Crippen LogP contribution in [0.2, 0.25) is 0 Å². The molecule has 3 aromatic carbocycles. The van der Waals surface area contributed by atoms with Gasteiger partial charge < -0.3 is 5.11 Å². The molecule has 162 valence electrons. The second kappa shape index (κ2) is 7.75. The van der Waals surface area contributed by atoms with Crippen molar-refractivity contribution in [2.75, 3.05) is 6.16 Å². The van der Waals surface area contributed by atoms with Crippen LogP contribution in [0.25, 0.3) is 10.8 Å². The van der Waals surface area contributed by atoms with Gasteiger partial charge in [-0.1, -0.05) is 98.0 Å². The van der Waals surface area contributed by atoms with Gasteiger partial charge in [-0.2, -0.15) is 0 Å². The number of benzene rings is 3. The Morgan fingerprint density at radius 1 is 0.839 bits per heavy atom. The van der Waals surface area contributed by atoms with Crippen molar-refractivity contribution in [1.82, 2.24) is 0 Å². The third kappa shape index (κ3) is 3.80. The summed E-state index contributed by atoms with van der Waals surface area (Å²) in [5, 5.41) is 13.6. The van der Waals surface area contributed by atoms with Crippen molar-refractivity contribution in [2.24, 2.45) is 10.4 Å². The number of rotatable bonds is 2. The molecule has 0 spiro atoms. The first-order valence-electron chi connectivity index (χ1n) is 11.2. The standard InChI is InChI=1S/C28H34NOP/c1-26(2,3)28(23-13-9-10-14-24(23)30)17-18-31(27(4,5)6)25(28)29-22-16-15-20-11-7-8-12-21(20)19-22/h7-16,19,30H,17-18H2,1-6H3. The molecule has 2 nitrogen and oxygen atoms in total. The summed E-state index contributed by atoms with van der Waals surface area (Å²) in [5.74, 6) is 0.384. The average molecular weight is 432 g/mol. The number of phenols is 1. The van der Waals surface area contributed by atoms with Crippen LogP contribution in [0.4, 0.5) is 5.69 Å². The van der Waals surface area contributed by atoms with Crippen molar-refractivity contribution < 1.29 is 5.11 Å². The van der Waals surface area contributed by atoms with Crippen LogP contribution < -0.4 is 0 Å². The zero-order chi connectivity index (χ0) is 22.4. The van der Waals surface area contributed by atoms with Crippen LogP contribution in [0, 0.1) is 5.41 Å². The fraction of sp³-hybridized carbons (Fsp3) is 0.393. The van der Waals surface area contributed by atoms with E-state index in [0.717, 1.165) is 23.8 Å². The van der Waals surface area contributed by atoms with E-state index in [1.165, 1.54) is 16.2 Å². The number of aliphatic imine (C=N–C) groups is 1. The summed E-state index contributed by atoms with van der Waals surface area (Å²) in [6.45, 7) is 13.9. The summed E-state index contributed by atoms with van der Waals surface area (Å²) in [5.41, 5.74) is 2.94. The number of phenolic OH excluding ortho intramolecular Hbond substituents is 1. The lowest BCUT2D eigenvalue weighted by Crippen LogP contribution is -2.44. The highest BCUT2D eigenvalue weighted by atomic mass is 31.1. The highest BCUT2D eigenvalue weighted by Gasteiger charge is 2.56. The number of para-hydroxylation sites is 1. The Balaban J connectivity index is 1.99. The number of fused-ring (bicyclic) bond motifs is 1. The molecule has 1 saturated heterocycles. The Bertz CT molecular complexity index is 1140. The minimum atomic E-state index is -0.466. The van der Waals surface area contributed by atoms with E-state index in [1.54, 1.807) is 0 Å². The summed E-state index contributed by atoms with van der Waals surface area (Å²) in [6, 6.07) is 22.9. The molecular weight excluding hydrogens is 397 g/mol.